The molecule has 2 heterocycles. The lowest BCUT2D eigenvalue weighted by Gasteiger charge is -2.37. The quantitative estimate of drug-likeness (QED) is 0.617. The molecule has 0 radical (unpaired) electrons. The molecule has 1 aromatic heterocycles. The summed E-state index contributed by atoms with van der Waals surface area (Å²) in [5.41, 5.74) is 6.65. The van der Waals surface area contributed by atoms with Crippen molar-refractivity contribution in [3.63, 3.8) is 0 Å². The fourth-order valence-electron chi connectivity index (χ4n) is 3.52. The Bertz CT molecular complexity index is 972. The van der Waals surface area contributed by atoms with Crippen LogP contribution < -0.4 is 11.1 Å². The number of hydrogen-bond donors (Lipinski definition) is 2. The normalized spacial score (nSPS) is 19.7. The van der Waals surface area contributed by atoms with Gasteiger partial charge in [-0.25, -0.2) is 4.99 Å². The highest BCUT2D eigenvalue weighted by Gasteiger charge is 2.38. The molecule has 2 aromatic rings. The van der Waals surface area contributed by atoms with Crippen molar-refractivity contribution in [2.24, 2.45) is 16.6 Å². The van der Waals surface area contributed by atoms with E-state index in [0.717, 1.165) is 5.56 Å². The third kappa shape index (κ3) is 5.34. The molecule has 0 bridgehead atoms. The van der Waals surface area contributed by atoms with Crippen LogP contribution in [-0.2, 0) is 16.1 Å². The van der Waals surface area contributed by atoms with Gasteiger partial charge < -0.3 is 20.3 Å². The molecule has 172 valence electrons. The van der Waals surface area contributed by atoms with Gasteiger partial charge in [0.05, 0.1) is 24.5 Å². The molecule has 32 heavy (non-hydrogen) atoms. The highest BCUT2D eigenvalue weighted by molar-refractivity contribution is 5.99. The first kappa shape index (κ1) is 23.5. The molecular weight excluding hydrogens is 410 g/mol. The molecule has 0 saturated carbocycles. The number of nitrogens with one attached hydrogen (secondary N) is 1. The molecule has 0 fully saturated rings. The van der Waals surface area contributed by atoms with Crippen molar-refractivity contribution in [3.05, 3.63) is 53.4 Å². The van der Waals surface area contributed by atoms with Gasteiger partial charge in [0.15, 0.2) is 17.4 Å². The minimum Gasteiger partial charge on any atom is -0.385 e. The van der Waals surface area contributed by atoms with Crippen molar-refractivity contribution in [2.45, 2.75) is 51.7 Å². The van der Waals surface area contributed by atoms with Gasteiger partial charge >= 0.3 is 0 Å². The zero-order chi connectivity index (χ0) is 23.3. The van der Waals surface area contributed by atoms with Gasteiger partial charge in [-0.2, -0.15) is 0 Å². The number of aliphatic imine (C=N–C) groups is 1. The fraction of sp³-hybridized carbons (Fsp3) is 0.478. The second kappa shape index (κ2) is 9.95. The van der Waals surface area contributed by atoms with Crippen LogP contribution in [0.1, 0.15) is 61.5 Å². The number of carbonyl (C=O) groups is 2. The van der Waals surface area contributed by atoms with Gasteiger partial charge in [-0.1, -0.05) is 49.3 Å². The molecule has 1 aromatic carbocycles. The third-order valence-corrected chi connectivity index (χ3v) is 5.92. The first-order valence-electron chi connectivity index (χ1n) is 10.7. The maximum absolute atomic E-state index is 12.8. The topological polar surface area (TPSA) is 123 Å². The Morgan fingerprint density at radius 2 is 2.06 bits per heavy atom. The van der Waals surface area contributed by atoms with E-state index < -0.39 is 5.54 Å². The molecule has 2 atom stereocenters. The lowest BCUT2D eigenvalue weighted by Crippen LogP contribution is -2.51. The number of hydrogen-bond acceptors (Lipinski definition) is 7. The first-order valence-corrected chi connectivity index (χ1v) is 10.7. The number of guanidine groups is 1. The van der Waals surface area contributed by atoms with Crippen molar-refractivity contribution < 1.29 is 18.8 Å². The van der Waals surface area contributed by atoms with Gasteiger partial charge in [0, 0.05) is 19.8 Å². The predicted octanol–water partition coefficient (Wildman–Crippen LogP) is 2.64. The van der Waals surface area contributed by atoms with E-state index in [9.17, 15) is 9.59 Å². The maximum atomic E-state index is 12.8. The number of amides is 2. The molecule has 0 aliphatic carbocycles. The van der Waals surface area contributed by atoms with Gasteiger partial charge in [0.25, 0.3) is 5.91 Å². The Morgan fingerprint density at radius 1 is 1.34 bits per heavy atom. The van der Waals surface area contributed by atoms with Crippen LogP contribution in [0.4, 0.5) is 0 Å². The second-order valence-electron chi connectivity index (χ2n) is 8.54. The van der Waals surface area contributed by atoms with Gasteiger partial charge in [-0.15, -0.1) is 0 Å². The summed E-state index contributed by atoms with van der Waals surface area (Å²) < 4.78 is 10.5. The molecule has 3 N–H and O–H groups in total. The van der Waals surface area contributed by atoms with Gasteiger partial charge in [0.1, 0.15) is 0 Å². The van der Waals surface area contributed by atoms with E-state index in [0.29, 0.717) is 18.8 Å². The largest absolute Gasteiger partial charge is 0.385 e. The Hall–Kier alpha value is -3.20. The number of carbonyl (C=O) groups excluding carboxylic acids is 2. The molecule has 9 nitrogen and oxygen atoms in total. The average molecular weight is 442 g/mol. The van der Waals surface area contributed by atoms with Gasteiger partial charge in [-0.05, 0) is 24.8 Å². The van der Waals surface area contributed by atoms with E-state index in [1.165, 1.54) is 11.0 Å². The lowest BCUT2D eigenvalue weighted by molar-refractivity contribution is -0.130. The van der Waals surface area contributed by atoms with Crippen molar-refractivity contribution in [3.8, 4) is 0 Å². The zero-order valence-corrected chi connectivity index (χ0v) is 19.0. The molecule has 3 rings (SSSR count). The van der Waals surface area contributed by atoms with E-state index in [4.69, 9.17) is 15.0 Å². The van der Waals surface area contributed by atoms with Crippen LogP contribution in [0.3, 0.4) is 0 Å². The summed E-state index contributed by atoms with van der Waals surface area (Å²) in [6.45, 7) is 6.50. The van der Waals surface area contributed by atoms with E-state index in [-0.39, 0.29) is 48.4 Å². The molecule has 1 aliphatic rings. The second-order valence-corrected chi connectivity index (χ2v) is 8.54. The van der Waals surface area contributed by atoms with Crippen LogP contribution in [0.25, 0.3) is 0 Å². The number of benzene rings is 1. The summed E-state index contributed by atoms with van der Waals surface area (Å²) in [4.78, 5) is 31.4. The Kier molecular flexibility index (Phi) is 7.29. The van der Waals surface area contributed by atoms with Crippen molar-refractivity contribution in [1.29, 1.82) is 0 Å². The molecule has 1 aliphatic heterocycles. The van der Waals surface area contributed by atoms with Crippen molar-refractivity contribution in [1.82, 2.24) is 15.4 Å². The monoisotopic (exact) mass is 441 g/mol. The van der Waals surface area contributed by atoms with Crippen LogP contribution in [0.2, 0.25) is 0 Å². The summed E-state index contributed by atoms with van der Waals surface area (Å²) in [6, 6.07) is 10.9. The number of nitrogens with zero attached hydrogens (tertiary/aromatic N) is 3. The van der Waals surface area contributed by atoms with Crippen LogP contribution in [0, 0.1) is 5.92 Å². The Balaban J connectivity index is 1.70. The maximum Gasteiger partial charge on any atom is 0.273 e. The summed E-state index contributed by atoms with van der Waals surface area (Å²) in [5.74, 6) is 0.152. The molecule has 0 saturated heterocycles. The fourth-order valence-corrected chi connectivity index (χ4v) is 3.52. The average Bonchev–Trinajstić information content (AvgIpc) is 3.23. The number of ether oxygens (including phenoxy) is 1. The SMILES string of the molecule is COCCC(NC(=O)c1cc(CN2C(=O)CC(C)(C(C)C)N=C2N)on1)c1ccccc1. The highest BCUT2D eigenvalue weighted by atomic mass is 16.5. The molecule has 2 amide bonds. The summed E-state index contributed by atoms with van der Waals surface area (Å²) in [7, 11) is 1.62. The molecule has 9 heteroatoms. The summed E-state index contributed by atoms with van der Waals surface area (Å²) >= 11 is 0. The highest BCUT2D eigenvalue weighted by Crippen LogP contribution is 2.30. The summed E-state index contributed by atoms with van der Waals surface area (Å²) in [6.07, 6.45) is 0.867. The Morgan fingerprint density at radius 3 is 2.69 bits per heavy atom. The molecule has 2 unspecified atom stereocenters. The van der Waals surface area contributed by atoms with Crippen LogP contribution in [0.5, 0.6) is 0 Å². The van der Waals surface area contributed by atoms with Crippen molar-refractivity contribution in [2.75, 3.05) is 13.7 Å². The van der Waals surface area contributed by atoms with Gasteiger partial charge in [-0.3, -0.25) is 14.5 Å². The summed E-state index contributed by atoms with van der Waals surface area (Å²) in [5, 5.41) is 6.85. The standard InChI is InChI=1S/C23H31N5O4/c1-15(2)23(3)13-20(29)28(22(24)26-23)14-17-12-19(27-32-17)21(30)25-18(10-11-31-4)16-8-6-5-7-9-16/h5-9,12,15,18H,10-11,13-14H2,1-4H3,(H2,24,26)(H,25,30). The van der Waals surface area contributed by atoms with Crippen molar-refractivity contribution >= 4 is 17.8 Å². The number of rotatable bonds is 9. The number of aromatic nitrogens is 1. The van der Waals surface area contributed by atoms with Gasteiger partial charge in [0.2, 0.25) is 5.91 Å². The number of nitrogens with two attached hydrogens (primary N) is 1. The number of methoxy groups -OCH3 is 1. The minimum absolute atomic E-state index is 0.0639. The Labute approximate surface area is 188 Å². The predicted molar refractivity (Wildman–Crippen MR) is 120 cm³/mol. The van der Waals surface area contributed by atoms with E-state index in [1.807, 2.05) is 51.1 Å². The molecular formula is C23H31N5O4. The third-order valence-electron chi connectivity index (χ3n) is 5.92. The first-order chi connectivity index (χ1) is 15.2. The van der Waals surface area contributed by atoms with Crippen LogP contribution in [-0.4, -0.2) is 47.1 Å². The molecule has 0 spiro atoms. The van der Waals surface area contributed by atoms with Crippen LogP contribution in [0.15, 0.2) is 45.9 Å². The minimum atomic E-state index is -0.529. The van der Waals surface area contributed by atoms with E-state index >= 15 is 0 Å². The zero-order valence-electron chi connectivity index (χ0n) is 19.0. The van der Waals surface area contributed by atoms with E-state index in [2.05, 4.69) is 15.5 Å². The van der Waals surface area contributed by atoms with Crippen LogP contribution >= 0.6 is 0 Å². The lowest BCUT2D eigenvalue weighted by atomic mass is 9.84. The van der Waals surface area contributed by atoms with E-state index in [1.54, 1.807) is 7.11 Å². The smallest absolute Gasteiger partial charge is 0.273 e.